The van der Waals surface area contributed by atoms with Gasteiger partial charge in [-0.15, -0.1) is 10.2 Å². The van der Waals surface area contributed by atoms with Crippen molar-refractivity contribution >= 4 is 23.2 Å². The molecule has 3 N–H and O–H groups in total. The molecule has 0 aromatic carbocycles. The minimum absolute atomic E-state index is 0.0200. The summed E-state index contributed by atoms with van der Waals surface area (Å²) in [6, 6.07) is 3.93. The Labute approximate surface area is 224 Å². The van der Waals surface area contributed by atoms with Crippen LogP contribution in [-0.2, 0) is 0 Å². The van der Waals surface area contributed by atoms with Crippen molar-refractivity contribution < 1.29 is 9.59 Å². The number of fused-ring (bicyclic) bond motifs is 3. The van der Waals surface area contributed by atoms with Gasteiger partial charge in [0, 0.05) is 41.2 Å². The molecule has 4 aromatic rings. The molecule has 0 radical (unpaired) electrons. The third kappa shape index (κ3) is 4.03. The smallest absolute Gasteiger partial charge is 0.292 e. The molecule has 2 saturated heterocycles. The van der Waals surface area contributed by atoms with Crippen LogP contribution in [0.15, 0.2) is 30.9 Å². The van der Waals surface area contributed by atoms with E-state index in [1.54, 1.807) is 12.4 Å². The number of piperidine rings is 1. The fraction of sp³-hybridized carbons (Fsp3) is 0.393. The normalized spacial score (nSPS) is 22.1. The van der Waals surface area contributed by atoms with Crippen molar-refractivity contribution in [3.8, 4) is 23.0 Å². The first-order chi connectivity index (χ1) is 19.0. The summed E-state index contributed by atoms with van der Waals surface area (Å²) in [5.74, 6) is 7.10. The summed E-state index contributed by atoms with van der Waals surface area (Å²) >= 11 is 0. The van der Waals surface area contributed by atoms with Crippen molar-refractivity contribution in [2.45, 2.75) is 63.5 Å². The highest BCUT2D eigenvalue weighted by Gasteiger charge is 2.45. The fourth-order valence-corrected chi connectivity index (χ4v) is 6.09. The number of carbonyl (C=O) groups excluding carboxylic acids is 2. The van der Waals surface area contributed by atoms with Crippen LogP contribution in [0.25, 0.3) is 16.8 Å². The largest absolute Gasteiger partial charge is 0.383 e. The number of carbonyl (C=O) groups is 2. The van der Waals surface area contributed by atoms with Crippen LogP contribution < -0.4 is 5.73 Å². The Morgan fingerprint density at radius 1 is 1.10 bits per heavy atom. The summed E-state index contributed by atoms with van der Waals surface area (Å²) in [4.78, 5) is 40.3. The van der Waals surface area contributed by atoms with Crippen LogP contribution in [-0.4, -0.2) is 63.4 Å². The first kappa shape index (κ1) is 23.5. The number of nitrogens with zero attached hydrogens (tertiary/aromatic N) is 7. The van der Waals surface area contributed by atoms with E-state index in [1.807, 2.05) is 17.0 Å². The van der Waals surface area contributed by atoms with E-state index in [0.717, 1.165) is 29.7 Å². The molecule has 2 bridgehead atoms. The van der Waals surface area contributed by atoms with E-state index in [0.29, 0.717) is 35.7 Å². The molecule has 3 fully saturated rings. The van der Waals surface area contributed by atoms with Crippen LogP contribution in [0.2, 0.25) is 0 Å². The average molecular weight is 522 g/mol. The van der Waals surface area contributed by atoms with Gasteiger partial charge in [-0.05, 0) is 63.5 Å². The molecular weight excluding hydrogens is 494 g/mol. The second-order valence-electron chi connectivity index (χ2n) is 10.7. The summed E-state index contributed by atoms with van der Waals surface area (Å²) in [5.41, 5.74) is 10.6. The zero-order valence-electron chi connectivity index (χ0n) is 21.5. The molecule has 11 heteroatoms. The minimum atomic E-state index is -0.151. The average Bonchev–Trinajstić information content (AvgIpc) is 3.30. The number of nitrogen functional groups attached to an aromatic ring is 1. The zero-order valence-corrected chi connectivity index (χ0v) is 21.5. The third-order valence-electron chi connectivity index (χ3n) is 8.09. The molecule has 7 rings (SSSR count). The predicted octanol–water partition coefficient (Wildman–Crippen LogP) is 3.01. The van der Waals surface area contributed by atoms with Crippen molar-refractivity contribution in [2.24, 2.45) is 5.92 Å². The van der Waals surface area contributed by atoms with Gasteiger partial charge in [-0.25, -0.2) is 9.97 Å². The van der Waals surface area contributed by atoms with Gasteiger partial charge in [-0.2, -0.15) is 9.61 Å². The molecule has 3 atom stereocenters. The number of amides is 1. The molecule has 11 nitrogen and oxygen atoms in total. The Balaban J connectivity index is 1.24. The highest BCUT2D eigenvalue weighted by atomic mass is 16.2. The van der Waals surface area contributed by atoms with Crippen LogP contribution in [0.5, 0.6) is 0 Å². The van der Waals surface area contributed by atoms with E-state index in [2.05, 4.69) is 37.1 Å². The molecule has 2 aliphatic heterocycles. The first-order valence-corrected chi connectivity index (χ1v) is 13.3. The lowest BCUT2D eigenvalue weighted by atomic mass is 9.85. The lowest BCUT2D eigenvalue weighted by molar-refractivity contribution is 0.0556. The van der Waals surface area contributed by atoms with Crippen LogP contribution in [0, 0.1) is 17.8 Å². The monoisotopic (exact) mass is 521 g/mol. The van der Waals surface area contributed by atoms with E-state index < -0.39 is 0 Å². The number of Topliss-reactive ketones (excluding diaryl/α,β-unsaturated/α-hetero) is 1. The Morgan fingerprint density at radius 2 is 1.90 bits per heavy atom. The molecule has 0 spiro atoms. The number of H-pyrrole nitrogens is 1. The molecular formula is C28H27N9O2. The van der Waals surface area contributed by atoms with Crippen molar-refractivity contribution in [1.82, 2.24) is 39.7 Å². The Morgan fingerprint density at radius 3 is 2.54 bits per heavy atom. The summed E-state index contributed by atoms with van der Waals surface area (Å²) < 4.78 is 1.54. The zero-order chi connectivity index (χ0) is 26.7. The van der Waals surface area contributed by atoms with Gasteiger partial charge in [0.15, 0.2) is 11.4 Å². The number of nitrogens with one attached hydrogen (secondary N) is 1. The maximum Gasteiger partial charge on any atom is 0.292 e. The van der Waals surface area contributed by atoms with Crippen molar-refractivity contribution in [3.63, 3.8) is 0 Å². The number of nitrogens with two attached hydrogens (primary N) is 1. The second kappa shape index (κ2) is 9.01. The maximum absolute atomic E-state index is 13.1. The van der Waals surface area contributed by atoms with Gasteiger partial charge in [-0.3, -0.25) is 9.59 Å². The Kier molecular flexibility index (Phi) is 5.43. The number of hydrogen-bond acceptors (Lipinski definition) is 8. The third-order valence-corrected chi connectivity index (χ3v) is 8.09. The topological polar surface area (TPSA) is 148 Å². The number of hydrogen-bond donors (Lipinski definition) is 2. The van der Waals surface area contributed by atoms with Crippen molar-refractivity contribution in [1.29, 1.82) is 0 Å². The molecule has 4 aromatic heterocycles. The quantitative estimate of drug-likeness (QED) is 0.308. The number of rotatable bonds is 4. The molecule has 1 aliphatic carbocycles. The van der Waals surface area contributed by atoms with Gasteiger partial charge in [-0.1, -0.05) is 5.92 Å². The Hall–Kier alpha value is -4.59. The summed E-state index contributed by atoms with van der Waals surface area (Å²) in [5, 5.41) is 12.1. The lowest BCUT2D eigenvalue weighted by Crippen LogP contribution is -2.46. The molecule has 196 valence electrons. The van der Waals surface area contributed by atoms with Crippen LogP contribution in [0.4, 0.5) is 5.82 Å². The SMILES string of the molecule is CC(=O)c1c([C@@H]2C[C@H]3CC[C@@H](C2)N3C(=O)c2nnc[nH]2)nc2c(-c3ccc(C#CC4CC4)nc3)cnn2c1N. The number of anilines is 1. The van der Waals surface area contributed by atoms with Crippen LogP contribution >= 0.6 is 0 Å². The fourth-order valence-electron chi connectivity index (χ4n) is 6.09. The van der Waals surface area contributed by atoms with E-state index >= 15 is 0 Å². The minimum Gasteiger partial charge on any atom is -0.383 e. The number of aromatic nitrogens is 7. The molecule has 6 heterocycles. The maximum atomic E-state index is 13.1. The molecule has 3 aliphatic rings. The van der Waals surface area contributed by atoms with Crippen molar-refractivity contribution in [2.75, 3.05) is 5.73 Å². The van der Waals surface area contributed by atoms with Crippen molar-refractivity contribution in [3.05, 3.63) is 53.6 Å². The molecule has 39 heavy (non-hydrogen) atoms. The standard InChI is InChI=1S/C28H27N9O2/c1-15(38)23-24(18-10-20-8-9-21(11-18)36(20)28(39)26-31-14-32-35-26)34-27-22(13-33-37(27)25(23)29)17-5-7-19(30-12-17)6-4-16-2-3-16/h5,7,12-14,16,18,20-21H,2-3,8-11,29H2,1H3,(H,31,32,35)/t18-,20-,21+. The van der Waals surface area contributed by atoms with E-state index in [4.69, 9.17) is 10.7 Å². The first-order valence-electron chi connectivity index (χ1n) is 13.3. The molecule has 0 unspecified atom stereocenters. The van der Waals surface area contributed by atoms with Gasteiger partial charge in [0.05, 0.1) is 17.5 Å². The van der Waals surface area contributed by atoms with Gasteiger partial charge in [0.2, 0.25) is 5.82 Å². The Bertz CT molecular complexity index is 1650. The van der Waals surface area contributed by atoms with Crippen LogP contribution in [0.3, 0.4) is 0 Å². The highest BCUT2D eigenvalue weighted by Crippen LogP contribution is 2.45. The molecule has 1 saturated carbocycles. The van der Waals surface area contributed by atoms with Gasteiger partial charge >= 0.3 is 0 Å². The number of pyridine rings is 1. The van der Waals surface area contributed by atoms with E-state index in [-0.39, 0.29) is 41.3 Å². The summed E-state index contributed by atoms with van der Waals surface area (Å²) in [6.07, 6.45) is 10.4. The van der Waals surface area contributed by atoms with E-state index in [9.17, 15) is 9.59 Å². The summed E-state index contributed by atoms with van der Waals surface area (Å²) in [7, 11) is 0. The van der Waals surface area contributed by atoms with Gasteiger partial charge in [0.1, 0.15) is 17.8 Å². The van der Waals surface area contributed by atoms with Gasteiger partial charge < -0.3 is 15.6 Å². The van der Waals surface area contributed by atoms with Crippen LogP contribution in [0.1, 0.15) is 83.7 Å². The highest BCUT2D eigenvalue weighted by molar-refractivity contribution is 6.00. The second-order valence-corrected chi connectivity index (χ2v) is 10.7. The molecule has 1 amide bonds. The predicted molar refractivity (Wildman–Crippen MR) is 142 cm³/mol. The lowest BCUT2D eigenvalue weighted by Gasteiger charge is -2.38. The summed E-state index contributed by atoms with van der Waals surface area (Å²) in [6.45, 7) is 1.51. The van der Waals surface area contributed by atoms with Gasteiger partial charge in [0.25, 0.3) is 5.91 Å². The number of aromatic amines is 1. The van der Waals surface area contributed by atoms with E-state index in [1.165, 1.54) is 30.6 Å². The number of ketones is 1.